The molecule has 0 heterocycles. The first-order valence-corrected chi connectivity index (χ1v) is 7.90. The monoisotopic (exact) mass is 301 g/mol. The Morgan fingerprint density at radius 3 is 2.48 bits per heavy atom. The van der Waals surface area contributed by atoms with Crippen LogP contribution in [0.3, 0.4) is 0 Å². The zero-order chi connectivity index (χ0) is 15.5. The van der Waals surface area contributed by atoms with Crippen molar-refractivity contribution in [2.24, 2.45) is 0 Å². The quantitative estimate of drug-likeness (QED) is 0.847. The fraction of sp³-hybridized carbons (Fsp3) is 0.133. The molecule has 0 aliphatic rings. The second-order valence-corrected chi connectivity index (χ2v) is 6.48. The van der Waals surface area contributed by atoms with Crippen molar-refractivity contribution in [1.82, 2.24) is 0 Å². The molecule has 3 N–H and O–H groups in total. The van der Waals surface area contributed by atoms with Gasteiger partial charge in [-0.15, -0.1) is 0 Å². The van der Waals surface area contributed by atoms with Crippen LogP contribution in [-0.4, -0.2) is 8.42 Å². The van der Waals surface area contributed by atoms with Gasteiger partial charge in [-0.05, 0) is 42.3 Å². The van der Waals surface area contributed by atoms with Gasteiger partial charge in [0.2, 0.25) is 10.0 Å². The molecule has 0 bridgehead atoms. The SMILES string of the molecule is Cc1ccc(N)c(NS(=O)(=O)Cc2ccc(C#N)cc2)c1. The molecule has 2 aromatic carbocycles. The first kappa shape index (κ1) is 14.9. The molecule has 5 nitrogen and oxygen atoms in total. The number of nitrogens with zero attached hydrogens (tertiary/aromatic N) is 1. The maximum absolute atomic E-state index is 12.2. The molecule has 0 amide bonds. The van der Waals surface area contributed by atoms with E-state index >= 15 is 0 Å². The number of rotatable bonds is 4. The summed E-state index contributed by atoms with van der Waals surface area (Å²) in [6.07, 6.45) is 0. The van der Waals surface area contributed by atoms with E-state index in [2.05, 4.69) is 4.72 Å². The number of hydrogen-bond donors (Lipinski definition) is 2. The summed E-state index contributed by atoms with van der Waals surface area (Å²) in [6.45, 7) is 1.86. The lowest BCUT2D eigenvalue weighted by Crippen LogP contribution is -2.16. The van der Waals surface area contributed by atoms with Crippen LogP contribution in [0.25, 0.3) is 0 Å². The molecular weight excluding hydrogens is 286 g/mol. The van der Waals surface area contributed by atoms with Crippen LogP contribution in [0.4, 0.5) is 11.4 Å². The van der Waals surface area contributed by atoms with E-state index in [1.807, 2.05) is 19.1 Å². The molecule has 0 aromatic heterocycles. The number of anilines is 2. The van der Waals surface area contributed by atoms with Gasteiger partial charge in [-0.3, -0.25) is 4.72 Å². The van der Waals surface area contributed by atoms with Gasteiger partial charge in [-0.1, -0.05) is 18.2 Å². The van der Waals surface area contributed by atoms with Gasteiger partial charge in [0.25, 0.3) is 0 Å². The number of nitriles is 1. The first-order valence-electron chi connectivity index (χ1n) is 6.25. The molecule has 0 spiro atoms. The predicted octanol–water partition coefficient (Wildman–Crippen LogP) is 2.39. The van der Waals surface area contributed by atoms with Gasteiger partial charge >= 0.3 is 0 Å². The number of hydrogen-bond acceptors (Lipinski definition) is 4. The number of nitrogen functional groups attached to an aromatic ring is 1. The molecule has 2 rings (SSSR count). The smallest absolute Gasteiger partial charge is 0.236 e. The summed E-state index contributed by atoms with van der Waals surface area (Å²) in [5.41, 5.74) is 8.54. The standard InChI is InChI=1S/C15H15N3O2S/c1-11-2-7-14(17)15(8-11)18-21(19,20)10-13-5-3-12(9-16)4-6-13/h2-8,18H,10,17H2,1H3. The Kier molecular flexibility index (Phi) is 4.15. The Morgan fingerprint density at radius 1 is 1.19 bits per heavy atom. The Bertz CT molecular complexity index is 791. The third-order valence-electron chi connectivity index (χ3n) is 2.91. The van der Waals surface area contributed by atoms with Crippen molar-refractivity contribution < 1.29 is 8.42 Å². The highest BCUT2D eigenvalue weighted by atomic mass is 32.2. The van der Waals surface area contributed by atoms with Crippen molar-refractivity contribution in [2.75, 3.05) is 10.5 Å². The molecule has 21 heavy (non-hydrogen) atoms. The highest BCUT2D eigenvalue weighted by molar-refractivity contribution is 7.91. The lowest BCUT2D eigenvalue weighted by atomic mass is 10.2. The van der Waals surface area contributed by atoms with E-state index in [1.54, 1.807) is 36.4 Å². The van der Waals surface area contributed by atoms with Gasteiger partial charge in [-0.25, -0.2) is 8.42 Å². The van der Waals surface area contributed by atoms with Crippen molar-refractivity contribution in [2.45, 2.75) is 12.7 Å². The van der Waals surface area contributed by atoms with Crippen LogP contribution in [0.1, 0.15) is 16.7 Å². The second-order valence-electron chi connectivity index (χ2n) is 4.76. The van der Waals surface area contributed by atoms with Gasteiger partial charge in [-0.2, -0.15) is 5.26 Å². The highest BCUT2D eigenvalue weighted by Gasteiger charge is 2.13. The molecule has 0 unspecified atom stereocenters. The Hall–Kier alpha value is -2.52. The zero-order valence-electron chi connectivity index (χ0n) is 11.5. The molecule has 2 aromatic rings. The van der Waals surface area contributed by atoms with Crippen molar-refractivity contribution in [3.8, 4) is 6.07 Å². The molecule has 108 valence electrons. The van der Waals surface area contributed by atoms with E-state index in [9.17, 15) is 8.42 Å². The number of benzene rings is 2. The summed E-state index contributed by atoms with van der Waals surface area (Å²) in [6, 6.07) is 13.6. The number of aryl methyl sites for hydroxylation is 1. The maximum atomic E-state index is 12.2. The third kappa shape index (κ3) is 3.97. The van der Waals surface area contributed by atoms with Gasteiger partial charge < -0.3 is 5.73 Å². The Balaban J connectivity index is 2.18. The molecule has 0 aliphatic carbocycles. The number of nitrogens with two attached hydrogens (primary N) is 1. The summed E-state index contributed by atoms with van der Waals surface area (Å²) in [7, 11) is -3.56. The average molecular weight is 301 g/mol. The van der Waals surface area contributed by atoms with E-state index < -0.39 is 10.0 Å². The normalized spacial score (nSPS) is 10.9. The minimum Gasteiger partial charge on any atom is -0.397 e. The minimum absolute atomic E-state index is 0.175. The predicted molar refractivity (Wildman–Crippen MR) is 83.0 cm³/mol. The molecule has 0 atom stereocenters. The lowest BCUT2D eigenvalue weighted by molar-refractivity contribution is 0.600. The van der Waals surface area contributed by atoms with Crippen molar-refractivity contribution in [3.63, 3.8) is 0 Å². The van der Waals surface area contributed by atoms with E-state index in [0.717, 1.165) is 5.56 Å². The van der Waals surface area contributed by atoms with Gasteiger partial charge in [0.05, 0.1) is 28.8 Å². The summed E-state index contributed by atoms with van der Waals surface area (Å²) >= 11 is 0. The van der Waals surface area contributed by atoms with Gasteiger partial charge in [0, 0.05) is 0 Å². The van der Waals surface area contributed by atoms with Gasteiger partial charge in [0.15, 0.2) is 0 Å². The fourth-order valence-electron chi connectivity index (χ4n) is 1.86. The largest absolute Gasteiger partial charge is 0.397 e. The van der Waals surface area contributed by atoms with E-state index in [1.165, 1.54) is 0 Å². The third-order valence-corrected chi connectivity index (χ3v) is 4.16. The van der Waals surface area contributed by atoms with Crippen LogP contribution >= 0.6 is 0 Å². The van der Waals surface area contributed by atoms with E-state index in [0.29, 0.717) is 22.5 Å². The van der Waals surface area contributed by atoms with Crippen LogP contribution in [0, 0.1) is 18.3 Å². The lowest BCUT2D eigenvalue weighted by Gasteiger charge is -2.11. The first-order chi connectivity index (χ1) is 9.89. The molecule has 6 heteroatoms. The number of sulfonamides is 1. The minimum atomic E-state index is -3.56. The van der Waals surface area contributed by atoms with E-state index in [-0.39, 0.29) is 5.75 Å². The van der Waals surface area contributed by atoms with Crippen LogP contribution < -0.4 is 10.5 Å². The Labute approximate surface area is 124 Å². The highest BCUT2D eigenvalue weighted by Crippen LogP contribution is 2.22. The van der Waals surface area contributed by atoms with Crippen molar-refractivity contribution in [3.05, 3.63) is 59.2 Å². The van der Waals surface area contributed by atoms with Crippen LogP contribution in [-0.2, 0) is 15.8 Å². The van der Waals surface area contributed by atoms with Gasteiger partial charge in [0.1, 0.15) is 0 Å². The Morgan fingerprint density at radius 2 is 1.86 bits per heavy atom. The molecule has 0 saturated heterocycles. The fourth-order valence-corrected chi connectivity index (χ4v) is 3.07. The molecular formula is C15H15N3O2S. The molecule has 0 saturated carbocycles. The van der Waals surface area contributed by atoms with E-state index in [4.69, 9.17) is 11.0 Å². The summed E-state index contributed by atoms with van der Waals surface area (Å²) in [5, 5.41) is 8.72. The topological polar surface area (TPSA) is 96.0 Å². The maximum Gasteiger partial charge on any atom is 0.236 e. The summed E-state index contributed by atoms with van der Waals surface area (Å²) in [4.78, 5) is 0. The molecule has 0 radical (unpaired) electrons. The zero-order valence-corrected chi connectivity index (χ0v) is 12.3. The molecule has 0 aliphatic heterocycles. The van der Waals surface area contributed by atoms with Crippen LogP contribution in [0.15, 0.2) is 42.5 Å². The van der Waals surface area contributed by atoms with Crippen LogP contribution in [0.2, 0.25) is 0 Å². The van der Waals surface area contributed by atoms with Crippen molar-refractivity contribution in [1.29, 1.82) is 5.26 Å². The van der Waals surface area contributed by atoms with Crippen molar-refractivity contribution >= 4 is 21.4 Å². The second kappa shape index (κ2) is 5.85. The average Bonchev–Trinajstić information content (AvgIpc) is 2.43. The summed E-state index contributed by atoms with van der Waals surface area (Å²) < 4.78 is 26.8. The number of nitrogens with one attached hydrogen (secondary N) is 1. The summed E-state index contributed by atoms with van der Waals surface area (Å²) in [5.74, 6) is -0.175. The molecule has 0 fully saturated rings. The van der Waals surface area contributed by atoms with Crippen LogP contribution in [0.5, 0.6) is 0 Å².